The molecule has 0 aliphatic heterocycles. The number of carbonyl (C=O) groups is 1. The molecule has 2 aromatic rings. The number of fused-ring (bicyclic) bond motifs is 1. The second-order valence-corrected chi connectivity index (χ2v) is 5.14. The third-order valence-electron chi connectivity index (χ3n) is 2.71. The highest BCUT2D eigenvalue weighted by Gasteiger charge is 2.08. The highest BCUT2D eigenvalue weighted by molar-refractivity contribution is 7.18. The second kappa shape index (κ2) is 5.30. The number of aromatic nitrogens is 2. The van der Waals surface area contributed by atoms with Gasteiger partial charge < -0.3 is 5.11 Å². The molecule has 18 heavy (non-hydrogen) atoms. The Hall–Kier alpha value is -1.69. The SMILES string of the molecule is CCc1cc2c(=O)n(CCCC(=O)O)cnc2s1. The Morgan fingerprint density at radius 2 is 2.33 bits per heavy atom. The van der Waals surface area contributed by atoms with Crippen molar-refractivity contribution < 1.29 is 9.90 Å². The highest BCUT2D eigenvalue weighted by Crippen LogP contribution is 2.20. The standard InChI is InChI=1S/C12H14N2O3S/c1-2-8-6-9-11(18-8)13-7-14(12(9)17)5-3-4-10(15)16/h6-7H,2-5H2,1H3,(H,15,16). The molecule has 6 heteroatoms. The number of carboxylic acids is 1. The van der Waals surface area contributed by atoms with Crippen LogP contribution >= 0.6 is 11.3 Å². The highest BCUT2D eigenvalue weighted by atomic mass is 32.1. The minimum absolute atomic E-state index is 0.0638. The van der Waals surface area contributed by atoms with Crippen molar-refractivity contribution in [3.05, 3.63) is 27.6 Å². The summed E-state index contributed by atoms with van der Waals surface area (Å²) in [4.78, 5) is 28.7. The van der Waals surface area contributed by atoms with Crippen LogP contribution in [0.2, 0.25) is 0 Å². The van der Waals surface area contributed by atoms with E-state index < -0.39 is 5.97 Å². The third-order valence-corrected chi connectivity index (χ3v) is 3.89. The largest absolute Gasteiger partial charge is 0.481 e. The topological polar surface area (TPSA) is 72.2 Å². The van der Waals surface area contributed by atoms with Gasteiger partial charge in [-0.15, -0.1) is 11.3 Å². The number of aryl methyl sites for hydroxylation is 2. The van der Waals surface area contributed by atoms with Gasteiger partial charge in [-0.05, 0) is 18.9 Å². The molecule has 0 spiro atoms. The lowest BCUT2D eigenvalue weighted by atomic mass is 10.3. The van der Waals surface area contributed by atoms with Crippen molar-refractivity contribution >= 4 is 27.5 Å². The molecule has 0 saturated carbocycles. The fourth-order valence-corrected chi connectivity index (χ4v) is 2.67. The zero-order valence-corrected chi connectivity index (χ0v) is 10.9. The molecule has 0 unspecified atom stereocenters. The van der Waals surface area contributed by atoms with Crippen LogP contribution in [0.5, 0.6) is 0 Å². The maximum atomic E-state index is 12.1. The van der Waals surface area contributed by atoms with Crippen LogP contribution in [0.4, 0.5) is 0 Å². The molecule has 0 aliphatic carbocycles. The van der Waals surface area contributed by atoms with Crippen molar-refractivity contribution in [3.63, 3.8) is 0 Å². The maximum absolute atomic E-state index is 12.1. The van der Waals surface area contributed by atoms with Gasteiger partial charge in [0.1, 0.15) is 4.83 Å². The fraction of sp³-hybridized carbons (Fsp3) is 0.417. The monoisotopic (exact) mass is 266 g/mol. The van der Waals surface area contributed by atoms with E-state index in [1.165, 1.54) is 22.2 Å². The van der Waals surface area contributed by atoms with Crippen LogP contribution < -0.4 is 5.56 Å². The lowest BCUT2D eigenvalue weighted by Gasteiger charge is -2.03. The van der Waals surface area contributed by atoms with Crippen LogP contribution in [0, 0.1) is 0 Å². The molecule has 96 valence electrons. The van der Waals surface area contributed by atoms with E-state index in [0.717, 1.165) is 16.1 Å². The van der Waals surface area contributed by atoms with Crippen molar-refractivity contribution in [3.8, 4) is 0 Å². The van der Waals surface area contributed by atoms with E-state index in [-0.39, 0.29) is 12.0 Å². The van der Waals surface area contributed by atoms with Crippen molar-refractivity contribution in [2.45, 2.75) is 32.7 Å². The normalized spacial score (nSPS) is 10.9. The number of hydrogen-bond acceptors (Lipinski definition) is 4. The van der Waals surface area contributed by atoms with Crippen molar-refractivity contribution in [1.29, 1.82) is 0 Å². The van der Waals surface area contributed by atoms with Gasteiger partial charge in [-0.1, -0.05) is 6.92 Å². The van der Waals surface area contributed by atoms with Crippen LogP contribution in [0.1, 0.15) is 24.6 Å². The zero-order valence-electron chi connectivity index (χ0n) is 10.0. The summed E-state index contributed by atoms with van der Waals surface area (Å²) < 4.78 is 1.48. The molecule has 5 nitrogen and oxygen atoms in total. The van der Waals surface area contributed by atoms with Crippen molar-refractivity contribution in [2.24, 2.45) is 0 Å². The molecule has 2 heterocycles. The van der Waals surface area contributed by atoms with Gasteiger partial charge in [0.2, 0.25) is 0 Å². The summed E-state index contributed by atoms with van der Waals surface area (Å²) in [6.45, 7) is 2.43. The molecule has 0 aromatic carbocycles. The van der Waals surface area contributed by atoms with Crippen LogP contribution in [0.25, 0.3) is 10.2 Å². The van der Waals surface area contributed by atoms with E-state index in [2.05, 4.69) is 4.98 Å². The molecular formula is C12H14N2O3S. The van der Waals surface area contributed by atoms with Crippen molar-refractivity contribution in [2.75, 3.05) is 0 Å². The van der Waals surface area contributed by atoms with Gasteiger partial charge in [0.15, 0.2) is 0 Å². The first-order valence-corrected chi connectivity index (χ1v) is 6.63. The molecule has 0 bridgehead atoms. The van der Waals surface area contributed by atoms with E-state index in [0.29, 0.717) is 18.4 Å². The van der Waals surface area contributed by atoms with Gasteiger partial charge >= 0.3 is 5.97 Å². The minimum Gasteiger partial charge on any atom is -0.481 e. The molecule has 0 atom stereocenters. The number of nitrogens with zero attached hydrogens (tertiary/aromatic N) is 2. The van der Waals surface area contributed by atoms with Crippen LogP contribution in [0.3, 0.4) is 0 Å². The summed E-state index contributed by atoms with van der Waals surface area (Å²) in [6, 6.07) is 1.88. The zero-order chi connectivity index (χ0) is 13.1. The predicted octanol–water partition coefficient (Wildman–Crippen LogP) is 1.89. The Balaban J connectivity index is 2.27. The summed E-state index contributed by atoms with van der Waals surface area (Å²) in [5, 5.41) is 9.20. The molecule has 0 radical (unpaired) electrons. The van der Waals surface area contributed by atoms with Gasteiger partial charge in [-0.3, -0.25) is 14.2 Å². The summed E-state index contributed by atoms with van der Waals surface area (Å²) in [7, 11) is 0. The Bertz CT molecular complexity index is 630. The Labute approximate surface area is 108 Å². The summed E-state index contributed by atoms with van der Waals surface area (Å²) in [5.74, 6) is -0.846. The molecule has 0 saturated heterocycles. The van der Waals surface area contributed by atoms with E-state index in [1.54, 1.807) is 0 Å². The van der Waals surface area contributed by atoms with Gasteiger partial charge in [-0.2, -0.15) is 0 Å². The number of thiophene rings is 1. The first-order chi connectivity index (χ1) is 8.61. The molecule has 2 aromatic heterocycles. The number of hydrogen-bond donors (Lipinski definition) is 1. The van der Waals surface area contributed by atoms with Crippen LogP contribution in [-0.2, 0) is 17.8 Å². The van der Waals surface area contributed by atoms with Crippen LogP contribution in [-0.4, -0.2) is 20.6 Å². The van der Waals surface area contributed by atoms with Crippen LogP contribution in [0.15, 0.2) is 17.2 Å². The molecule has 2 rings (SSSR count). The first kappa shape index (κ1) is 12.8. The fourth-order valence-electron chi connectivity index (χ4n) is 1.74. The summed E-state index contributed by atoms with van der Waals surface area (Å²) in [5.41, 5.74) is -0.0821. The first-order valence-electron chi connectivity index (χ1n) is 5.81. The summed E-state index contributed by atoms with van der Waals surface area (Å²) >= 11 is 1.53. The van der Waals surface area contributed by atoms with E-state index in [9.17, 15) is 9.59 Å². The number of carboxylic acid groups (broad SMARTS) is 1. The number of aliphatic carboxylic acids is 1. The molecule has 0 amide bonds. The molecule has 0 fully saturated rings. The van der Waals surface area contributed by atoms with Gasteiger partial charge in [-0.25, -0.2) is 4.98 Å². The van der Waals surface area contributed by atoms with Gasteiger partial charge in [0.05, 0.1) is 11.7 Å². The Kier molecular flexibility index (Phi) is 3.76. The molecular weight excluding hydrogens is 252 g/mol. The van der Waals surface area contributed by atoms with E-state index in [1.807, 2.05) is 13.0 Å². The van der Waals surface area contributed by atoms with Crippen molar-refractivity contribution in [1.82, 2.24) is 9.55 Å². The minimum atomic E-state index is -0.846. The molecule has 0 aliphatic rings. The Morgan fingerprint density at radius 3 is 3.00 bits per heavy atom. The smallest absolute Gasteiger partial charge is 0.303 e. The predicted molar refractivity (Wildman–Crippen MR) is 70.1 cm³/mol. The van der Waals surface area contributed by atoms with E-state index >= 15 is 0 Å². The number of rotatable bonds is 5. The van der Waals surface area contributed by atoms with E-state index in [4.69, 9.17) is 5.11 Å². The average molecular weight is 266 g/mol. The summed E-state index contributed by atoms with van der Waals surface area (Å²) in [6.07, 6.45) is 2.89. The molecule has 1 N–H and O–H groups in total. The lowest BCUT2D eigenvalue weighted by Crippen LogP contribution is -2.20. The Morgan fingerprint density at radius 1 is 1.56 bits per heavy atom. The van der Waals surface area contributed by atoms with Gasteiger partial charge in [0, 0.05) is 17.8 Å². The van der Waals surface area contributed by atoms with Gasteiger partial charge in [0.25, 0.3) is 5.56 Å². The lowest BCUT2D eigenvalue weighted by molar-refractivity contribution is -0.137. The quantitative estimate of drug-likeness (QED) is 0.897. The second-order valence-electron chi connectivity index (χ2n) is 4.03. The average Bonchev–Trinajstić information content (AvgIpc) is 2.76. The third kappa shape index (κ3) is 2.59. The maximum Gasteiger partial charge on any atom is 0.303 e.